The monoisotopic (exact) mass is 638 g/mol. The van der Waals surface area contributed by atoms with Crippen LogP contribution in [0.4, 0.5) is 4.79 Å². The van der Waals surface area contributed by atoms with E-state index in [2.05, 4.69) is 28.5 Å². The highest BCUT2D eigenvalue weighted by atomic mass is 32.2. The summed E-state index contributed by atoms with van der Waals surface area (Å²) in [5.41, 5.74) is -2.35. The van der Waals surface area contributed by atoms with E-state index in [-0.39, 0.29) is 31.2 Å². The van der Waals surface area contributed by atoms with Crippen molar-refractivity contribution in [1.82, 2.24) is 20.3 Å². The molecule has 1 heterocycles. The molecule has 7 atom stereocenters. The number of allylic oxidation sites excluding steroid dienone is 1. The Morgan fingerprint density at radius 1 is 1.16 bits per heavy atom. The summed E-state index contributed by atoms with van der Waals surface area (Å²) < 4.78 is 32.1. The van der Waals surface area contributed by atoms with Gasteiger partial charge in [-0.15, -0.1) is 13.2 Å². The summed E-state index contributed by atoms with van der Waals surface area (Å²) >= 11 is 0. The lowest BCUT2D eigenvalue weighted by atomic mass is 9.88. The van der Waals surface area contributed by atoms with E-state index in [1.807, 2.05) is 19.9 Å². The molecule has 248 valence electrons. The molecular weight excluding hydrogens is 588 g/mol. The number of carbonyl (C=O) groups is 4. The number of hydrogen-bond acceptors (Lipinski definition) is 8. The Labute approximate surface area is 261 Å². The molecule has 4 N–H and O–H groups in total. The number of nitrogens with one attached hydrogen (secondary N) is 3. The third-order valence-corrected chi connectivity index (χ3v) is 11.1. The SMILES string of the molecule is C=CCCC(C)C[C@@H](C)[C@H](NC(=O)OC(C)(C)C)C(=O)N1C[C@H](O)C[C@H]1C(=O)N[C@]1(C(=O)NS(=O)(=O)C2(C)CC2)C[C@H]1C=C. The van der Waals surface area contributed by atoms with Crippen LogP contribution < -0.4 is 15.4 Å². The number of carbonyl (C=O) groups excluding carboxylic acids is 4. The summed E-state index contributed by atoms with van der Waals surface area (Å²) in [6, 6.07) is -2.21. The van der Waals surface area contributed by atoms with Crippen LogP contribution >= 0.6 is 0 Å². The molecule has 3 aliphatic rings. The molecule has 2 saturated carbocycles. The largest absolute Gasteiger partial charge is 0.444 e. The number of β-amino-alcohol motifs (C(OH)–C–C–N with tert-alkyl or cyclic N) is 1. The van der Waals surface area contributed by atoms with Crippen molar-refractivity contribution >= 4 is 33.8 Å². The summed E-state index contributed by atoms with van der Waals surface area (Å²) in [5, 5.41) is 16.0. The summed E-state index contributed by atoms with van der Waals surface area (Å²) in [7, 11) is -3.96. The lowest BCUT2D eigenvalue weighted by Crippen LogP contribution is -2.59. The van der Waals surface area contributed by atoms with Gasteiger partial charge in [-0.05, 0) is 78.1 Å². The maximum atomic E-state index is 14.1. The number of hydrogen-bond donors (Lipinski definition) is 4. The second-order valence-corrected chi connectivity index (χ2v) is 16.3. The molecule has 0 spiro atoms. The lowest BCUT2D eigenvalue weighted by Gasteiger charge is -2.33. The average molecular weight is 639 g/mol. The molecular formula is C31H50N4O8S. The molecule has 1 saturated heterocycles. The van der Waals surface area contributed by atoms with Crippen LogP contribution in [0.5, 0.6) is 0 Å². The van der Waals surface area contributed by atoms with Gasteiger partial charge in [0.1, 0.15) is 23.2 Å². The van der Waals surface area contributed by atoms with Crippen molar-refractivity contribution in [3.05, 3.63) is 25.3 Å². The van der Waals surface area contributed by atoms with Crippen LogP contribution in [0.2, 0.25) is 0 Å². The Hall–Kier alpha value is -2.93. The van der Waals surface area contributed by atoms with E-state index in [4.69, 9.17) is 4.74 Å². The molecule has 0 aromatic carbocycles. The van der Waals surface area contributed by atoms with Gasteiger partial charge in [-0.2, -0.15) is 0 Å². The van der Waals surface area contributed by atoms with E-state index in [9.17, 15) is 32.7 Å². The van der Waals surface area contributed by atoms with Gasteiger partial charge in [-0.3, -0.25) is 19.1 Å². The van der Waals surface area contributed by atoms with E-state index < -0.39 is 73.8 Å². The molecule has 4 amide bonds. The molecule has 0 bridgehead atoms. The molecule has 0 aromatic heterocycles. The number of nitrogens with zero attached hydrogens (tertiary/aromatic N) is 1. The van der Waals surface area contributed by atoms with Gasteiger partial charge in [0.05, 0.1) is 10.9 Å². The first-order valence-electron chi connectivity index (χ1n) is 15.4. The Kier molecular flexibility index (Phi) is 10.7. The predicted molar refractivity (Wildman–Crippen MR) is 166 cm³/mol. The van der Waals surface area contributed by atoms with Gasteiger partial charge >= 0.3 is 6.09 Å². The zero-order chi connectivity index (χ0) is 33.3. The van der Waals surface area contributed by atoms with Crippen molar-refractivity contribution in [2.45, 2.75) is 121 Å². The van der Waals surface area contributed by atoms with Crippen molar-refractivity contribution in [2.75, 3.05) is 6.54 Å². The topological polar surface area (TPSA) is 171 Å². The van der Waals surface area contributed by atoms with Crippen LogP contribution in [0.15, 0.2) is 25.3 Å². The molecule has 0 radical (unpaired) electrons. The molecule has 13 heteroatoms. The number of rotatable bonds is 14. The minimum atomic E-state index is -3.96. The molecule has 3 rings (SSSR count). The fraction of sp³-hybridized carbons (Fsp3) is 0.742. The molecule has 12 nitrogen and oxygen atoms in total. The number of likely N-dealkylation sites (tertiary alicyclic amines) is 1. The van der Waals surface area contributed by atoms with Gasteiger partial charge in [0.2, 0.25) is 21.8 Å². The van der Waals surface area contributed by atoms with Gasteiger partial charge in [-0.25, -0.2) is 13.2 Å². The first-order chi connectivity index (χ1) is 20.3. The number of amides is 4. The number of sulfonamides is 1. The van der Waals surface area contributed by atoms with Gasteiger partial charge < -0.3 is 25.4 Å². The summed E-state index contributed by atoms with van der Waals surface area (Å²) in [4.78, 5) is 55.1. The molecule has 2 aliphatic carbocycles. The fourth-order valence-corrected chi connectivity index (χ4v) is 7.09. The van der Waals surface area contributed by atoms with Crippen molar-refractivity contribution in [3.63, 3.8) is 0 Å². The number of alkyl carbamates (subject to hydrolysis) is 1. The molecule has 0 aromatic rings. The lowest BCUT2D eigenvalue weighted by molar-refractivity contribution is -0.142. The smallest absolute Gasteiger partial charge is 0.408 e. The summed E-state index contributed by atoms with van der Waals surface area (Å²) in [6.07, 6.45) is 4.65. The highest BCUT2D eigenvalue weighted by Gasteiger charge is 2.63. The Morgan fingerprint density at radius 2 is 1.80 bits per heavy atom. The maximum absolute atomic E-state index is 14.1. The quantitative estimate of drug-likeness (QED) is 0.210. The molecule has 3 fully saturated rings. The van der Waals surface area contributed by atoms with Crippen LogP contribution in [-0.2, 0) is 29.1 Å². The van der Waals surface area contributed by atoms with E-state index in [0.717, 1.165) is 12.8 Å². The van der Waals surface area contributed by atoms with E-state index in [1.54, 1.807) is 27.7 Å². The normalized spacial score (nSPS) is 27.7. The van der Waals surface area contributed by atoms with E-state index in [0.29, 0.717) is 19.3 Å². The van der Waals surface area contributed by atoms with Crippen LogP contribution in [0.25, 0.3) is 0 Å². The van der Waals surface area contributed by atoms with Crippen molar-refractivity contribution in [1.29, 1.82) is 0 Å². The maximum Gasteiger partial charge on any atom is 0.408 e. The Balaban J connectivity index is 1.82. The van der Waals surface area contributed by atoms with Crippen LogP contribution in [0.3, 0.4) is 0 Å². The van der Waals surface area contributed by atoms with Crippen molar-refractivity contribution in [2.24, 2.45) is 17.8 Å². The van der Waals surface area contributed by atoms with E-state index >= 15 is 0 Å². The van der Waals surface area contributed by atoms with Crippen LogP contribution in [-0.4, -0.2) is 82.9 Å². The van der Waals surface area contributed by atoms with Gasteiger partial charge in [0.15, 0.2) is 0 Å². The highest BCUT2D eigenvalue weighted by Crippen LogP contribution is 2.47. The highest BCUT2D eigenvalue weighted by molar-refractivity contribution is 7.91. The van der Waals surface area contributed by atoms with Crippen molar-refractivity contribution in [3.8, 4) is 0 Å². The third kappa shape index (κ3) is 8.21. The minimum Gasteiger partial charge on any atom is -0.444 e. The fourth-order valence-electron chi connectivity index (χ4n) is 5.78. The molecule has 1 aliphatic heterocycles. The predicted octanol–water partition coefficient (Wildman–Crippen LogP) is 2.53. The third-order valence-electron chi connectivity index (χ3n) is 8.89. The first kappa shape index (κ1) is 35.5. The van der Waals surface area contributed by atoms with E-state index in [1.165, 1.54) is 11.0 Å². The van der Waals surface area contributed by atoms with Crippen LogP contribution in [0, 0.1) is 17.8 Å². The number of aliphatic hydroxyl groups excluding tert-OH is 1. The molecule has 44 heavy (non-hydrogen) atoms. The van der Waals surface area contributed by atoms with Crippen molar-refractivity contribution < 1.29 is 37.4 Å². The van der Waals surface area contributed by atoms with Gasteiger partial charge in [0.25, 0.3) is 5.91 Å². The van der Waals surface area contributed by atoms with Gasteiger partial charge in [-0.1, -0.05) is 26.0 Å². The van der Waals surface area contributed by atoms with Gasteiger partial charge in [0, 0.05) is 18.9 Å². The Morgan fingerprint density at radius 3 is 2.32 bits per heavy atom. The zero-order valence-electron chi connectivity index (χ0n) is 26.9. The Bertz CT molecular complexity index is 1260. The molecule has 1 unspecified atom stereocenters. The standard InChI is InChI=1S/C31H50N4O8S/c1-9-11-12-19(3)15-20(4)24(32-28(40)43-29(5,6)7)26(38)35-18-22(36)16-23(35)25(37)33-31(17-21(31)10-2)27(39)34-44(41,42)30(8)13-14-30/h9-10,19-24,36H,1-2,11-18H2,3-8H3,(H,32,40)(H,33,37)(H,34,39)/t19?,20-,21-,22-,23+,24+,31-/m1/s1. The second-order valence-electron chi connectivity index (χ2n) is 14.1. The zero-order valence-corrected chi connectivity index (χ0v) is 27.7. The summed E-state index contributed by atoms with van der Waals surface area (Å²) in [6.45, 7) is 17.9. The number of ether oxygens (including phenoxy) is 1. The first-order valence-corrected chi connectivity index (χ1v) is 16.9. The average Bonchev–Trinajstić information content (AvgIpc) is 3.80. The summed E-state index contributed by atoms with van der Waals surface area (Å²) in [5.74, 6) is -2.77. The van der Waals surface area contributed by atoms with Crippen LogP contribution in [0.1, 0.15) is 86.5 Å². The minimum absolute atomic E-state index is 0.0896. The second kappa shape index (κ2) is 13.2. The number of aliphatic hydroxyl groups is 1.